The number of benzene rings is 1. The number of aryl methyl sites for hydroxylation is 2. The number of guanidine groups is 1. The van der Waals surface area contributed by atoms with Crippen molar-refractivity contribution in [2.24, 2.45) is 4.99 Å². The lowest BCUT2D eigenvalue weighted by atomic mass is 10.1. The fourth-order valence-electron chi connectivity index (χ4n) is 2.44. The molecule has 1 aromatic heterocycles. The van der Waals surface area contributed by atoms with Crippen LogP contribution in [0.15, 0.2) is 34.2 Å². The van der Waals surface area contributed by atoms with Crippen molar-refractivity contribution in [1.29, 1.82) is 0 Å². The third-order valence-corrected chi connectivity index (χ3v) is 5.97. The van der Waals surface area contributed by atoms with E-state index in [-0.39, 0.29) is 24.0 Å². The number of hydrogen-bond donors (Lipinski definition) is 2. The molecular formula is C18H27IN4O2S2. The summed E-state index contributed by atoms with van der Waals surface area (Å²) in [5.41, 5.74) is 2.12. The molecule has 2 rings (SSSR count). The van der Waals surface area contributed by atoms with Gasteiger partial charge in [0, 0.05) is 24.2 Å². The molecule has 1 heterocycles. The SMILES string of the molecule is CCNC(=NCc1sc(C)nc1C)NCCc1ccc(S(C)(=O)=O)cc1.I. The maximum absolute atomic E-state index is 11.5. The summed E-state index contributed by atoms with van der Waals surface area (Å²) in [6.45, 7) is 8.15. The van der Waals surface area contributed by atoms with E-state index in [1.807, 2.05) is 32.9 Å². The molecule has 0 aliphatic heterocycles. The molecule has 150 valence electrons. The van der Waals surface area contributed by atoms with Crippen molar-refractivity contribution in [3.8, 4) is 0 Å². The molecule has 27 heavy (non-hydrogen) atoms. The molecule has 0 aliphatic rings. The van der Waals surface area contributed by atoms with Gasteiger partial charge in [-0.1, -0.05) is 12.1 Å². The van der Waals surface area contributed by atoms with Crippen LogP contribution >= 0.6 is 35.3 Å². The van der Waals surface area contributed by atoms with Gasteiger partial charge in [-0.15, -0.1) is 35.3 Å². The summed E-state index contributed by atoms with van der Waals surface area (Å²) in [5, 5.41) is 7.61. The Morgan fingerprint density at radius 2 is 1.85 bits per heavy atom. The molecule has 0 unspecified atom stereocenters. The number of nitrogens with one attached hydrogen (secondary N) is 2. The average Bonchev–Trinajstić information content (AvgIpc) is 2.90. The number of thiazole rings is 1. The Kier molecular flexibility index (Phi) is 9.68. The first kappa shape index (κ1) is 23.8. The van der Waals surface area contributed by atoms with E-state index in [0.717, 1.165) is 35.2 Å². The Balaban J connectivity index is 0.00000364. The van der Waals surface area contributed by atoms with Crippen molar-refractivity contribution in [2.75, 3.05) is 19.3 Å². The molecule has 1 aromatic carbocycles. The van der Waals surface area contributed by atoms with Crippen molar-refractivity contribution in [2.45, 2.75) is 38.6 Å². The molecular weight excluding hydrogens is 495 g/mol. The Hall–Kier alpha value is -1.20. The second-order valence-electron chi connectivity index (χ2n) is 6.03. The second-order valence-corrected chi connectivity index (χ2v) is 9.33. The van der Waals surface area contributed by atoms with Gasteiger partial charge in [0.15, 0.2) is 15.8 Å². The number of aliphatic imine (C=N–C) groups is 1. The van der Waals surface area contributed by atoms with Crippen LogP contribution in [0.3, 0.4) is 0 Å². The largest absolute Gasteiger partial charge is 0.357 e. The van der Waals surface area contributed by atoms with Crippen molar-refractivity contribution >= 4 is 51.1 Å². The lowest BCUT2D eigenvalue weighted by Crippen LogP contribution is -2.38. The van der Waals surface area contributed by atoms with Crippen LogP contribution in [0.2, 0.25) is 0 Å². The third-order valence-electron chi connectivity index (χ3n) is 3.78. The Morgan fingerprint density at radius 3 is 2.37 bits per heavy atom. The van der Waals surface area contributed by atoms with Gasteiger partial charge in [0.2, 0.25) is 0 Å². The van der Waals surface area contributed by atoms with E-state index in [2.05, 4.69) is 20.6 Å². The summed E-state index contributed by atoms with van der Waals surface area (Å²) >= 11 is 1.68. The number of aromatic nitrogens is 1. The van der Waals surface area contributed by atoms with Crippen LogP contribution in [0.1, 0.15) is 28.1 Å². The molecule has 6 nitrogen and oxygen atoms in total. The third kappa shape index (κ3) is 7.74. The molecule has 0 atom stereocenters. The van der Waals surface area contributed by atoms with Gasteiger partial charge in [-0.3, -0.25) is 0 Å². The summed E-state index contributed by atoms with van der Waals surface area (Å²) in [6.07, 6.45) is 2.00. The monoisotopic (exact) mass is 522 g/mol. The number of rotatable bonds is 7. The molecule has 0 bridgehead atoms. The molecule has 0 amide bonds. The van der Waals surface area contributed by atoms with E-state index in [4.69, 9.17) is 0 Å². The minimum atomic E-state index is -3.15. The zero-order valence-corrected chi connectivity index (χ0v) is 20.0. The average molecular weight is 522 g/mol. The van der Waals surface area contributed by atoms with Gasteiger partial charge in [0.25, 0.3) is 0 Å². The molecule has 0 aliphatic carbocycles. The molecule has 9 heteroatoms. The van der Waals surface area contributed by atoms with Crippen LogP contribution in [-0.2, 0) is 22.8 Å². The first-order chi connectivity index (χ1) is 12.3. The predicted octanol–water partition coefficient (Wildman–Crippen LogP) is 3.08. The lowest BCUT2D eigenvalue weighted by molar-refractivity contribution is 0.602. The highest BCUT2D eigenvalue weighted by Gasteiger charge is 2.07. The van der Waals surface area contributed by atoms with Gasteiger partial charge in [-0.05, 0) is 44.9 Å². The zero-order chi connectivity index (χ0) is 19.2. The minimum absolute atomic E-state index is 0. The normalized spacial score (nSPS) is 11.8. The minimum Gasteiger partial charge on any atom is -0.357 e. The maximum Gasteiger partial charge on any atom is 0.191 e. The number of sulfone groups is 1. The number of nitrogens with zero attached hydrogens (tertiary/aromatic N) is 2. The zero-order valence-electron chi connectivity index (χ0n) is 16.1. The van der Waals surface area contributed by atoms with E-state index < -0.39 is 9.84 Å². The molecule has 0 radical (unpaired) electrons. The Morgan fingerprint density at radius 1 is 1.19 bits per heavy atom. The number of hydrogen-bond acceptors (Lipinski definition) is 5. The van der Waals surface area contributed by atoms with E-state index in [1.54, 1.807) is 23.5 Å². The van der Waals surface area contributed by atoms with E-state index in [9.17, 15) is 8.42 Å². The fraction of sp³-hybridized carbons (Fsp3) is 0.444. The van der Waals surface area contributed by atoms with Crippen LogP contribution in [0.5, 0.6) is 0 Å². The highest BCUT2D eigenvalue weighted by Crippen LogP contribution is 2.17. The van der Waals surface area contributed by atoms with Gasteiger partial charge in [0.05, 0.1) is 22.1 Å². The lowest BCUT2D eigenvalue weighted by Gasteiger charge is -2.11. The highest BCUT2D eigenvalue weighted by atomic mass is 127. The second kappa shape index (κ2) is 11.0. The van der Waals surface area contributed by atoms with Crippen LogP contribution < -0.4 is 10.6 Å². The Labute approximate surface area is 182 Å². The van der Waals surface area contributed by atoms with Gasteiger partial charge in [0.1, 0.15) is 0 Å². The molecule has 0 saturated carbocycles. The van der Waals surface area contributed by atoms with Gasteiger partial charge >= 0.3 is 0 Å². The van der Waals surface area contributed by atoms with Crippen LogP contribution in [0.25, 0.3) is 0 Å². The van der Waals surface area contributed by atoms with Gasteiger partial charge in [-0.25, -0.2) is 18.4 Å². The van der Waals surface area contributed by atoms with Crippen LogP contribution in [0.4, 0.5) is 0 Å². The topological polar surface area (TPSA) is 83.4 Å². The van der Waals surface area contributed by atoms with E-state index in [1.165, 1.54) is 11.1 Å². The summed E-state index contributed by atoms with van der Waals surface area (Å²) in [7, 11) is -3.15. The van der Waals surface area contributed by atoms with Crippen molar-refractivity contribution in [3.05, 3.63) is 45.4 Å². The van der Waals surface area contributed by atoms with Crippen LogP contribution in [0, 0.1) is 13.8 Å². The molecule has 0 spiro atoms. The van der Waals surface area contributed by atoms with Crippen molar-refractivity contribution < 1.29 is 8.42 Å². The Bertz CT molecular complexity index is 862. The predicted molar refractivity (Wildman–Crippen MR) is 123 cm³/mol. The quantitative estimate of drug-likeness (QED) is 0.332. The van der Waals surface area contributed by atoms with Crippen molar-refractivity contribution in [1.82, 2.24) is 15.6 Å². The maximum atomic E-state index is 11.5. The van der Waals surface area contributed by atoms with Gasteiger partial charge in [-0.2, -0.15) is 0 Å². The van der Waals surface area contributed by atoms with E-state index >= 15 is 0 Å². The summed E-state index contributed by atoms with van der Waals surface area (Å²) in [5.74, 6) is 0.769. The first-order valence-corrected chi connectivity index (χ1v) is 11.2. The van der Waals surface area contributed by atoms with Crippen molar-refractivity contribution in [3.63, 3.8) is 0 Å². The highest BCUT2D eigenvalue weighted by molar-refractivity contribution is 14.0. The fourth-order valence-corrected chi connectivity index (χ4v) is 3.93. The smallest absolute Gasteiger partial charge is 0.191 e. The number of halogens is 1. The summed E-state index contributed by atoms with van der Waals surface area (Å²) in [4.78, 5) is 10.6. The van der Waals surface area contributed by atoms with Gasteiger partial charge < -0.3 is 10.6 Å². The molecule has 2 N–H and O–H groups in total. The summed E-state index contributed by atoms with van der Waals surface area (Å²) < 4.78 is 23.0. The standard InChI is InChI=1S/C18H26N4O2S2.HI/c1-5-19-18(21-12-17-13(2)22-14(3)25-17)20-11-10-15-6-8-16(9-7-15)26(4,23)24;/h6-9H,5,10-12H2,1-4H3,(H2,19,20,21);1H. The van der Waals surface area contributed by atoms with Crippen LogP contribution in [-0.4, -0.2) is 38.7 Å². The molecule has 0 fully saturated rings. The van der Waals surface area contributed by atoms with E-state index in [0.29, 0.717) is 18.0 Å². The molecule has 2 aromatic rings. The summed E-state index contributed by atoms with van der Waals surface area (Å²) in [6, 6.07) is 7.01. The molecule has 0 saturated heterocycles. The first-order valence-electron chi connectivity index (χ1n) is 8.53.